The first-order valence-corrected chi connectivity index (χ1v) is 8.17. The monoisotopic (exact) mass is 271 g/mol. The van der Waals surface area contributed by atoms with Crippen molar-refractivity contribution in [2.45, 2.75) is 19.9 Å². The third kappa shape index (κ3) is 6.61. The van der Waals surface area contributed by atoms with Crippen molar-refractivity contribution in [3.05, 3.63) is 29.8 Å². The molecule has 1 aromatic rings. The van der Waals surface area contributed by atoms with Crippen molar-refractivity contribution in [1.82, 2.24) is 5.32 Å². The molecular weight excluding hydrogens is 250 g/mol. The van der Waals surface area contributed by atoms with Gasteiger partial charge in [-0.1, -0.05) is 19.1 Å². The summed E-state index contributed by atoms with van der Waals surface area (Å²) in [5, 5.41) is 3.10. The van der Waals surface area contributed by atoms with Crippen molar-refractivity contribution in [3.8, 4) is 5.75 Å². The first-order chi connectivity index (χ1) is 8.51. The van der Waals surface area contributed by atoms with Gasteiger partial charge in [0.15, 0.2) is 0 Å². The van der Waals surface area contributed by atoms with Gasteiger partial charge in [-0.2, -0.15) is 0 Å². The van der Waals surface area contributed by atoms with Gasteiger partial charge in [-0.25, -0.2) is 8.42 Å². The van der Waals surface area contributed by atoms with Crippen molar-refractivity contribution < 1.29 is 13.2 Å². The second-order valence-corrected chi connectivity index (χ2v) is 6.56. The predicted molar refractivity (Wildman–Crippen MR) is 73.6 cm³/mol. The molecule has 0 atom stereocenters. The van der Waals surface area contributed by atoms with Crippen molar-refractivity contribution in [2.24, 2.45) is 0 Å². The minimum atomic E-state index is -2.88. The Morgan fingerprint density at radius 2 is 1.89 bits per heavy atom. The van der Waals surface area contributed by atoms with Crippen LogP contribution in [0.4, 0.5) is 0 Å². The van der Waals surface area contributed by atoms with Gasteiger partial charge in [0.05, 0.1) is 12.4 Å². The lowest BCUT2D eigenvalue weighted by atomic mass is 10.2. The summed E-state index contributed by atoms with van der Waals surface area (Å²) in [7, 11) is -2.88. The lowest BCUT2D eigenvalue weighted by Gasteiger charge is -2.07. The molecule has 5 heteroatoms. The maximum absolute atomic E-state index is 10.9. The molecule has 0 amide bonds. The Kier molecular flexibility index (Phi) is 6.15. The highest BCUT2D eigenvalue weighted by Crippen LogP contribution is 2.12. The third-order valence-corrected chi connectivity index (χ3v) is 3.32. The summed E-state index contributed by atoms with van der Waals surface area (Å²) in [6.45, 7) is 3.95. The second kappa shape index (κ2) is 7.38. The summed E-state index contributed by atoms with van der Waals surface area (Å²) in [4.78, 5) is 0. The zero-order valence-corrected chi connectivity index (χ0v) is 11.8. The van der Waals surface area contributed by atoms with Crippen LogP contribution in [0.3, 0.4) is 0 Å². The van der Waals surface area contributed by atoms with Crippen LogP contribution in [0.2, 0.25) is 0 Å². The highest BCUT2D eigenvalue weighted by Gasteiger charge is 2.01. The summed E-state index contributed by atoms with van der Waals surface area (Å²) in [6.07, 6.45) is 2.24. The molecule has 0 heterocycles. The quantitative estimate of drug-likeness (QED) is 0.730. The van der Waals surface area contributed by atoms with Crippen molar-refractivity contribution in [3.63, 3.8) is 0 Å². The first kappa shape index (κ1) is 15.0. The fourth-order valence-corrected chi connectivity index (χ4v) is 1.93. The number of sulfone groups is 1. The standard InChI is InChI=1S/C13H21NO3S/c1-3-9-17-13-6-4-12(5-7-13)11-14-8-10-18(2,15)16/h4-7,14H,3,8-11H2,1-2H3. The highest BCUT2D eigenvalue weighted by molar-refractivity contribution is 7.90. The second-order valence-electron chi connectivity index (χ2n) is 4.30. The van der Waals surface area contributed by atoms with Gasteiger partial charge in [0.25, 0.3) is 0 Å². The topological polar surface area (TPSA) is 55.4 Å². The minimum absolute atomic E-state index is 0.171. The van der Waals surface area contributed by atoms with Crippen LogP contribution < -0.4 is 10.1 Å². The number of hydrogen-bond donors (Lipinski definition) is 1. The molecule has 0 unspecified atom stereocenters. The van der Waals surface area contributed by atoms with Gasteiger partial charge >= 0.3 is 0 Å². The number of nitrogens with one attached hydrogen (secondary N) is 1. The van der Waals surface area contributed by atoms with Crippen LogP contribution in [-0.4, -0.2) is 33.6 Å². The fraction of sp³-hybridized carbons (Fsp3) is 0.538. The van der Waals surface area contributed by atoms with E-state index in [4.69, 9.17) is 4.74 Å². The normalized spacial score (nSPS) is 11.4. The Balaban J connectivity index is 2.31. The molecule has 0 fully saturated rings. The first-order valence-electron chi connectivity index (χ1n) is 6.11. The van der Waals surface area contributed by atoms with Crippen molar-refractivity contribution >= 4 is 9.84 Å². The zero-order valence-electron chi connectivity index (χ0n) is 11.0. The van der Waals surface area contributed by atoms with E-state index in [1.165, 1.54) is 6.26 Å². The molecule has 0 radical (unpaired) electrons. The Morgan fingerprint density at radius 3 is 2.44 bits per heavy atom. The molecule has 0 aromatic heterocycles. The molecular formula is C13H21NO3S. The van der Waals surface area contributed by atoms with Gasteiger partial charge in [0.2, 0.25) is 0 Å². The van der Waals surface area contributed by atoms with Crippen LogP contribution in [0.25, 0.3) is 0 Å². The molecule has 0 aliphatic rings. The number of benzene rings is 1. The molecule has 0 bridgehead atoms. The average molecular weight is 271 g/mol. The van der Waals surface area contributed by atoms with Gasteiger partial charge < -0.3 is 10.1 Å². The molecule has 1 rings (SSSR count). The van der Waals surface area contributed by atoms with E-state index in [9.17, 15) is 8.42 Å². The Labute approximate surface area is 109 Å². The van der Waals surface area contributed by atoms with Crippen LogP contribution in [0.1, 0.15) is 18.9 Å². The minimum Gasteiger partial charge on any atom is -0.494 e. The van der Waals surface area contributed by atoms with Crippen LogP contribution >= 0.6 is 0 Å². The van der Waals surface area contributed by atoms with E-state index in [0.717, 1.165) is 24.3 Å². The average Bonchev–Trinajstić information content (AvgIpc) is 2.32. The van der Waals surface area contributed by atoms with E-state index in [2.05, 4.69) is 12.2 Å². The van der Waals surface area contributed by atoms with Crippen molar-refractivity contribution in [2.75, 3.05) is 25.2 Å². The molecule has 1 aromatic carbocycles. The fourth-order valence-electron chi connectivity index (χ4n) is 1.41. The molecule has 0 saturated heterocycles. The number of rotatable bonds is 8. The highest BCUT2D eigenvalue weighted by atomic mass is 32.2. The lowest BCUT2D eigenvalue weighted by molar-refractivity contribution is 0.317. The number of hydrogen-bond acceptors (Lipinski definition) is 4. The SMILES string of the molecule is CCCOc1ccc(CNCCS(C)(=O)=O)cc1. The van der Waals surface area contributed by atoms with Crippen LogP contribution in [0.5, 0.6) is 5.75 Å². The molecule has 0 aliphatic heterocycles. The van der Waals surface area contributed by atoms with E-state index >= 15 is 0 Å². The van der Waals surface area contributed by atoms with Gasteiger partial charge in [0, 0.05) is 19.3 Å². The van der Waals surface area contributed by atoms with Crippen LogP contribution in [0, 0.1) is 0 Å². The largest absolute Gasteiger partial charge is 0.494 e. The number of ether oxygens (including phenoxy) is 1. The zero-order chi connectivity index (χ0) is 13.4. The molecule has 0 spiro atoms. The van der Waals surface area contributed by atoms with Gasteiger partial charge in [-0.3, -0.25) is 0 Å². The van der Waals surface area contributed by atoms with E-state index in [1.807, 2.05) is 24.3 Å². The van der Waals surface area contributed by atoms with E-state index < -0.39 is 9.84 Å². The molecule has 4 nitrogen and oxygen atoms in total. The Hall–Kier alpha value is -1.07. The summed E-state index contributed by atoms with van der Waals surface area (Å²) in [6, 6.07) is 7.84. The smallest absolute Gasteiger partial charge is 0.148 e. The maximum Gasteiger partial charge on any atom is 0.148 e. The van der Waals surface area contributed by atoms with E-state index in [1.54, 1.807) is 0 Å². The van der Waals surface area contributed by atoms with Gasteiger partial charge in [-0.15, -0.1) is 0 Å². The Bertz CT molecular complexity index is 440. The Morgan fingerprint density at radius 1 is 1.22 bits per heavy atom. The van der Waals surface area contributed by atoms with Crippen LogP contribution in [-0.2, 0) is 16.4 Å². The molecule has 18 heavy (non-hydrogen) atoms. The summed E-state index contributed by atoms with van der Waals surface area (Å²) >= 11 is 0. The summed E-state index contributed by atoms with van der Waals surface area (Å²) in [5.74, 6) is 1.04. The van der Waals surface area contributed by atoms with Gasteiger partial charge in [-0.05, 0) is 24.1 Å². The van der Waals surface area contributed by atoms with Gasteiger partial charge in [0.1, 0.15) is 15.6 Å². The van der Waals surface area contributed by atoms with Crippen molar-refractivity contribution in [1.29, 1.82) is 0 Å². The lowest BCUT2D eigenvalue weighted by Crippen LogP contribution is -2.21. The molecule has 0 aliphatic carbocycles. The predicted octanol–water partition coefficient (Wildman–Crippen LogP) is 1.61. The summed E-state index contributed by atoms with van der Waals surface area (Å²) in [5.41, 5.74) is 1.12. The summed E-state index contributed by atoms with van der Waals surface area (Å²) < 4.78 is 27.3. The van der Waals surface area contributed by atoms with E-state index in [-0.39, 0.29) is 5.75 Å². The molecule has 0 saturated carbocycles. The molecule has 1 N–H and O–H groups in total. The third-order valence-electron chi connectivity index (χ3n) is 2.37. The van der Waals surface area contributed by atoms with E-state index in [0.29, 0.717) is 13.1 Å². The van der Waals surface area contributed by atoms with Crippen LogP contribution in [0.15, 0.2) is 24.3 Å². The maximum atomic E-state index is 10.9. The molecule has 102 valence electrons.